The number of benzene rings is 2. The van der Waals surface area contributed by atoms with Crippen molar-refractivity contribution in [1.29, 1.82) is 5.26 Å². The first-order valence-electron chi connectivity index (χ1n) is 10.8. The van der Waals surface area contributed by atoms with E-state index in [-0.39, 0.29) is 11.7 Å². The molecule has 3 rings (SSSR count). The molecular formula is C26H25Cl2N3O3S. The van der Waals surface area contributed by atoms with Crippen LogP contribution in [0.3, 0.4) is 0 Å². The molecule has 0 aromatic heterocycles. The fourth-order valence-corrected chi connectivity index (χ4v) is 4.73. The smallest absolute Gasteiger partial charge is 0.337 e. The van der Waals surface area contributed by atoms with Crippen molar-refractivity contribution in [2.75, 3.05) is 11.1 Å². The van der Waals surface area contributed by atoms with E-state index in [1.165, 1.54) is 11.8 Å². The normalized spacial score (nSPS) is 15.9. The summed E-state index contributed by atoms with van der Waals surface area (Å²) in [4.78, 5) is 25.7. The molecular weight excluding hydrogens is 505 g/mol. The number of hydrogen-bond acceptors (Lipinski definition) is 6. The highest BCUT2D eigenvalue weighted by atomic mass is 35.5. The zero-order valence-electron chi connectivity index (χ0n) is 19.7. The van der Waals surface area contributed by atoms with E-state index in [0.717, 1.165) is 0 Å². The molecule has 6 nitrogen and oxygen atoms in total. The maximum absolute atomic E-state index is 13.2. The molecule has 0 saturated heterocycles. The van der Waals surface area contributed by atoms with Gasteiger partial charge in [-0.2, -0.15) is 5.26 Å². The number of halogens is 2. The van der Waals surface area contributed by atoms with Gasteiger partial charge in [0.1, 0.15) is 5.60 Å². The molecule has 2 aromatic carbocycles. The standard InChI is InChI=1S/C26H25Cl2N3O3S/c1-15-22(25(33)34-26(2,3)4)23(16-8-10-17(27)11-9-16)20(13-29)24(30-15)35-14-21(32)31-19-7-5-6-18(28)12-19/h5-12,23,30H,14H2,1-4H3,(H,31,32). The Bertz CT molecular complexity index is 1240. The van der Waals surface area contributed by atoms with Crippen molar-refractivity contribution in [2.45, 2.75) is 39.2 Å². The number of nitriles is 1. The number of anilines is 1. The van der Waals surface area contributed by atoms with E-state index in [4.69, 9.17) is 27.9 Å². The lowest BCUT2D eigenvalue weighted by atomic mass is 9.82. The molecule has 0 spiro atoms. The summed E-state index contributed by atoms with van der Waals surface area (Å²) in [6.45, 7) is 7.11. The SMILES string of the molecule is CC1=C(C(=O)OC(C)(C)C)C(c2ccc(Cl)cc2)C(C#N)=C(SCC(=O)Nc2cccc(Cl)c2)N1. The Balaban J connectivity index is 1.92. The van der Waals surface area contributed by atoms with Crippen LogP contribution in [0.1, 0.15) is 39.2 Å². The van der Waals surface area contributed by atoms with Crippen LogP contribution >= 0.6 is 35.0 Å². The summed E-state index contributed by atoms with van der Waals surface area (Å²) in [6, 6.07) is 16.1. The van der Waals surface area contributed by atoms with Gasteiger partial charge in [0, 0.05) is 21.4 Å². The van der Waals surface area contributed by atoms with E-state index >= 15 is 0 Å². The first-order valence-corrected chi connectivity index (χ1v) is 12.5. The highest BCUT2D eigenvalue weighted by molar-refractivity contribution is 8.03. The van der Waals surface area contributed by atoms with Crippen molar-refractivity contribution in [2.24, 2.45) is 0 Å². The Kier molecular flexibility index (Phi) is 8.55. The third kappa shape index (κ3) is 7.04. The molecule has 1 heterocycles. The van der Waals surface area contributed by atoms with Crippen LogP contribution in [0.2, 0.25) is 10.0 Å². The van der Waals surface area contributed by atoms with Crippen LogP contribution in [0.5, 0.6) is 0 Å². The summed E-state index contributed by atoms with van der Waals surface area (Å²) < 4.78 is 5.65. The number of dihydropyridines is 1. The highest BCUT2D eigenvalue weighted by Gasteiger charge is 2.37. The molecule has 0 saturated carbocycles. The maximum atomic E-state index is 13.2. The molecule has 1 unspecified atom stereocenters. The molecule has 0 fully saturated rings. The van der Waals surface area contributed by atoms with Crippen LogP contribution < -0.4 is 10.6 Å². The average molecular weight is 530 g/mol. The molecule has 1 aliphatic heterocycles. The largest absolute Gasteiger partial charge is 0.457 e. The van der Waals surface area contributed by atoms with Crippen LogP contribution in [0.25, 0.3) is 0 Å². The average Bonchev–Trinajstić information content (AvgIpc) is 2.76. The number of nitrogens with zero attached hydrogens (tertiary/aromatic N) is 1. The van der Waals surface area contributed by atoms with Gasteiger partial charge in [-0.15, -0.1) is 0 Å². The van der Waals surface area contributed by atoms with Crippen LogP contribution in [0, 0.1) is 11.3 Å². The number of hydrogen-bond donors (Lipinski definition) is 2. The molecule has 1 atom stereocenters. The minimum Gasteiger partial charge on any atom is -0.457 e. The molecule has 0 bridgehead atoms. The van der Waals surface area contributed by atoms with E-state index in [0.29, 0.717) is 43.2 Å². The van der Waals surface area contributed by atoms with Gasteiger partial charge in [0.15, 0.2) is 0 Å². The van der Waals surface area contributed by atoms with Crippen molar-refractivity contribution in [3.8, 4) is 6.07 Å². The van der Waals surface area contributed by atoms with Gasteiger partial charge in [-0.1, -0.05) is 53.2 Å². The van der Waals surface area contributed by atoms with E-state index in [2.05, 4.69) is 16.7 Å². The van der Waals surface area contributed by atoms with Gasteiger partial charge in [-0.25, -0.2) is 4.79 Å². The van der Waals surface area contributed by atoms with Gasteiger partial charge >= 0.3 is 5.97 Å². The predicted molar refractivity (Wildman–Crippen MR) is 141 cm³/mol. The fourth-order valence-electron chi connectivity index (χ4n) is 3.52. The van der Waals surface area contributed by atoms with Crippen molar-refractivity contribution >= 4 is 52.5 Å². The lowest BCUT2D eigenvalue weighted by molar-refractivity contribution is -0.150. The quantitative estimate of drug-likeness (QED) is 0.420. The zero-order chi connectivity index (χ0) is 25.8. The Morgan fingerprint density at radius 2 is 1.83 bits per heavy atom. The lowest BCUT2D eigenvalue weighted by Crippen LogP contribution is -2.32. The highest BCUT2D eigenvalue weighted by Crippen LogP contribution is 2.41. The number of esters is 1. The number of carbonyl (C=O) groups is 2. The molecule has 1 amide bonds. The van der Waals surface area contributed by atoms with E-state index in [9.17, 15) is 14.9 Å². The summed E-state index contributed by atoms with van der Waals surface area (Å²) in [5.41, 5.74) is 1.80. The third-order valence-corrected chi connectivity index (χ3v) is 6.43. The summed E-state index contributed by atoms with van der Waals surface area (Å²) in [5.74, 6) is -1.40. The Morgan fingerprint density at radius 3 is 2.43 bits per heavy atom. The number of amides is 1. The van der Waals surface area contributed by atoms with Gasteiger partial charge in [0.05, 0.1) is 33.9 Å². The number of rotatable bonds is 6. The molecule has 9 heteroatoms. The van der Waals surface area contributed by atoms with Crippen LogP contribution in [-0.4, -0.2) is 23.2 Å². The minimum absolute atomic E-state index is 0.0441. The van der Waals surface area contributed by atoms with Gasteiger partial charge in [0.2, 0.25) is 5.91 Å². The predicted octanol–water partition coefficient (Wildman–Crippen LogP) is 6.40. The van der Waals surface area contributed by atoms with Gasteiger partial charge in [-0.3, -0.25) is 4.79 Å². The molecule has 2 N–H and O–H groups in total. The fraction of sp³-hybridized carbons (Fsp3) is 0.269. The summed E-state index contributed by atoms with van der Waals surface area (Å²) in [5, 5.41) is 17.6. The first-order chi connectivity index (χ1) is 16.5. The molecule has 182 valence electrons. The second kappa shape index (κ2) is 11.2. The van der Waals surface area contributed by atoms with E-state index in [1.807, 2.05) is 0 Å². The van der Waals surface area contributed by atoms with Crippen molar-refractivity contribution in [3.05, 3.63) is 86.0 Å². The zero-order valence-corrected chi connectivity index (χ0v) is 22.1. The summed E-state index contributed by atoms with van der Waals surface area (Å²) in [6.07, 6.45) is 0. The molecule has 2 aromatic rings. The Morgan fingerprint density at radius 1 is 1.14 bits per heavy atom. The topological polar surface area (TPSA) is 91.2 Å². The Hall–Kier alpha value is -2.92. The minimum atomic E-state index is -0.709. The molecule has 0 aliphatic carbocycles. The molecule has 1 aliphatic rings. The number of nitrogens with one attached hydrogen (secondary N) is 2. The number of allylic oxidation sites excluding steroid dienone is 2. The first kappa shape index (κ1) is 26.7. The van der Waals surface area contributed by atoms with Crippen molar-refractivity contribution < 1.29 is 14.3 Å². The van der Waals surface area contributed by atoms with Gasteiger partial charge in [0.25, 0.3) is 0 Å². The number of thioether (sulfide) groups is 1. The second-order valence-corrected chi connectivity index (χ2v) is 10.7. The number of carbonyl (C=O) groups excluding carboxylic acids is 2. The van der Waals surface area contributed by atoms with Gasteiger partial charge < -0.3 is 15.4 Å². The monoisotopic (exact) mass is 529 g/mol. The van der Waals surface area contributed by atoms with Crippen LogP contribution in [0.15, 0.2) is 70.4 Å². The van der Waals surface area contributed by atoms with E-state index < -0.39 is 17.5 Å². The van der Waals surface area contributed by atoms with E-state index in [1.54, 1.807) is 76.2 Å². The van der Waals surface area contributed by atoms with Crippen molar-refractivity contribution in [3.63, 3.8) is 0 Å². The van der Waals surface area contributed by atoms with Crippen molar-refractivity contribution in [1.82, 2.24) is 5.32 Å². The second-order valence-electron chi connectivity index (χ2n) is 8.85. The third-order valence-electron chi connectivity index (χ3n) is 4.93. The van der Waals surface area contributed by atoms with Crippen LogP contribution in [-0.2, 0) is 14.3 Å². The maximum Gasteiger partial charge on any atom is 0.337 e. The summed E-state index contributed by atoms with van der Waals surface area (Å²) >= 11 is 13.2. The Labute approximate surface area is 219 Å². The summed E-state index contributed by atoms with van der Waals surface area (Å²) in [7, 11) is 0. The molecule has 0 radical (unpaired) electrons. The number of ether oxygens (including phenoxy) is 1. The van der Waals surface area contributed by atoms with Crippen LogP contribution in [0.4, 0.5) is 5.69 Å². The molecule has 35 heavy (non-hydrogen) atoms. The lowest BCUT2D eigenvalue weighted by Gasteiger charge is -2.31. The van der Waals surface area contributed by atoms with Gasteiger partial charge in [-0.05, 0) is 63.6 Å².